The first-order chi connectivity index (χ1) is 15.8. The highest BCUT2D eigenvalue weighted by Gasteiger charge is 2.35. The molecule has 1 saturated heterocycles. The zero-order valence-corrected chi connectivity index (χ0v) is 19.8. The number of rotatable bonds is 10. The normalized spacial score (nSPS) is 23.5. The molecule has 1 aliphatic heterocycles. The van der Waals surface area contributed by atoms with Gasteiger partial charge in [-0.3, -0.25) is 10.1 Å². The number of methoxy groups -OCH3 is 2. The number of amides is 1. The molecule has 1 amide bonds. The van der Waals surface area contributed by atoms with Crippen LogP contribution in [0.1, 0.15) is 45.1 Å². The maximum Gasteiger partial charge on any atom is 0.409 e. The number of cyclic esters (lactones) is 1. The van der Waals surface area contributed by atoms with Crippen LogP contribution in [0.2, 0.25) is 0 Å². The Labute approximate surface area is 195 Å². The van der Waals surface area contributed by atoms with Gasteiger partial charge < -0.3 is 23.7 Å². The van der Waals surface area contributed by atoms with E-state index in [0.29, 0.717) is 19.3 Å². The molecule has 1 aliphatic rings. The molecule has 0 radical (unpaired) electrons. The lowest BCUT2D eigenvalue weighted by molar-refractivity contribution is -0.168. The molecule has 184 valence electrons. The summed E-state index contributed by atoms with van der Waals surface area (Å²) >= 11 is 0. The number of ketones is 1. The van der Waals surface area contributed by atoms with Crippen molar-refractivity contribution in [3.05, 3.63) is 29.8 Å². The average Bonchev–Trinajstić information content (AvgIpc) is 2.83. The molecule has 0 bridgehead atoms. The Morgan fingerprint density at radius 1 is 1.15 bits per heavy atom. The predicted octanol–water partition coefficient (Wildman–Crippen LogP) is 3.03. The molecule has 0 unspecified atom stereocenters. The Hall–Kier alpha value is -2.65. The quantitative estimate of drug-likeness (QED) is 0.415. The molecule has 1 aromatic carbocycles. The lowest BCUT2D eigenvalue weighted by atomic mass is 9.87. The van der Waals surface area contributed by atoms with E-state index in [0.717, 1.165) is 17.7 Å². The fraction of sp³-hybridized carbons (Fsp3) is 0.625. The van der Waals surface area contributed by atoms with Crippen LogP contribution >= 0.6 is 0 Å². The third-order valence-corrected chi connectivity index (χ3v) is 5.56. The van der Waals surface area contributed by atoms with Gasteiger partial charge in [-0.1, -0.05) is 12.1 Å². The zero-order valence-electron chi connectivity index (χ0n) is 19.8. The molecule has 1 heterocycles. The zero-order chi connectivity index (χ0) is 24.2. The van der Waals surface area contributed by atoms with E-state index in [2.05, 4.69) is 5.32 Å². The number of benzene rings is 1. The van der Waals surface area contributed by atoms with Crippen molar-refractivity contribution in [2.45, 2.75) is 64.3 Å². The molecule has 33 heavy (non-hydrogen) atoms. The number of carbonyl (C=O) groups excluding carboxylic acids is 3. The molecule has 1 aromatic rings. The number of esters is 1. The van der Waals surface area contributed by atoms with E-state index < -0.39 is 30.4 Å². The first kappa shape index (κ1) is 26.6. The summed E-state index contributed by atoms with van der Waals surface area (Å²) in [5.74, 6) is 0.232. The number of nitrogens with one attached hydrogen (secondary N) is 1. The fourth-order valence-electron chi connectivity index (χ4n) is 3.86. The Kier molecular flexibility index (Phi) is 11.1. The van der Waals surface area contributed by atoms with Gasteiger partial charge in [-0.15, -0.1) is 0 Å². The van der Waals surface area contributed by atoms with E-state index >= 15 is 0 Å². The van der Waals surface area contributed by atoms with Crippen molar-refractivity contribution in [1.82, 2.24) is 5.32 Å². The summed E-state index contributed by atoms with van der Waals surface area (Å²) in [7, 11) is 3.06. The minimum absolute atomic E-state index is 0.0208. The molecule has 0 saturated carbocycles. The smallest absolute Gasteiger partial charge is 0.409 e. The summed E-state index contributed by atoms with van der Waals surface area (Å²) in [6, 6.07) is 7.81. The van der Waals surface area contributed by atoms with Gasteiger partial charge >= 0.3 is 12.1 Å². The van der Waals surface area contributed by atoms with E-state index in [1.807, 2.05) is 24.3 Å². The molecule has 0 spiro atoms. The van der Waals surface area contributed by atoms with E-state index in [1.54, 1.807) is 14.0 Å². The van der Waals surface area contributed by atoms with Gasteiger partial charge in [0.15, 0.2) is 0 Å². The largest absolute Gasteiger partial charge is 0.497 e. The molecule has 4 atom stereocenters. The topological polar surface area (TPSA) is 109 Å². The van der Waals surface area contributed by atoms with Crippen LogP contribution in [0.25, 0.3) is 0 Å². The first-order valence-electron chi connectivity index (χ1n) is 11.2. The van der Waals surface area contributed by atoms with Gasteiger partial charge in [0.2, 0.25) is 6.10 Å². The summed E-state index contributed by atoms with van der Waals surface area (Å²) in [5.41, 5.74) is 1.10. The van der Waals surface area contributed by atoms with E-state index in [1.165, 1.54) is 14.0 Å². The maximum atomic E-state index is 12.7. The lowest BCUT2D eigenvalue weighted by Crippen LogP contribution is -2.41. The molecular weight excluding hydrogens is 430 g/mol. The van der Waals surface area contributed by atoms with Crippen molar-refractivity contribution >= 4 is 17.8 Å². The van der Waals surface area contributed by atoms with Crippen molar-refractivity contribution in [3.63, 3.8) is 0 Å². The Morgan fingerprint density at radius 3 is 2.52 bits per heavy atom. The van der Waals surface area contributed by atoms with E-state index in [4.69, 9.17) is 23.7 Å². The van der Waals surface area contributed by atoms with Gasteiger partial charge in [0.25, 0.3) is 0 Å². The number of alkyl carbamates (subject to hydrolysis) is 1. The fourth-order valence-corrected chi connectivity index (χ4v) is 3.86. The number of ether oxygens (including phenoxy) is 5. The monoisotopic (exact) mass is 465 g/mol. The van der Waals surface area contributed by atoms with Crippen LogP contribution in [0.3, 0.4) is 0 Å². The van der Waals surface area contributed by atoms with Gasteiger partial charge in [0, 0.05) is 13.5 Å². The molecule has 0 aromatic heterocycles. The van der Waals surface area contributed by atoms with E-state index in [-0.39, 0.29) is 31.5 Å². The number of Topliss-reactive ketones (excluding diaryl/α,β-unsaturated/α-hetero) is 1. The molecule has 0 aliphatic carbocycles. The van der Waals surface area contributed by atoms with Gasteiger partial charge in [0.1, 0.15) is 24.4 Å². The highest BCUT2D eigenvalue weighted by Crippen LogP contribution is 2.28. The van der Waals surface area contributed by atoms with Crippen LogP contribution in [0.4, 0.5) is 4.79 Å². The maximum absolute atomic E-state index is 12.7. The van der Waals surface area contributed by atoms with Gasteiger partial charge in [-0.05, 0) is 63.1 Å². The molecular formula is C24H35NO8. The second-order valence-corrected chi connectivity index (χ2v) is 8.18. The SMILES string of the molecule is COCNC(=O)O[C@H]1CCC[C@H](Cc2ccc(OC)cc2)[C@@H](OCCC(C)=O)[C@H](C)OC1=O. The first-order valence-corrected chi connectivity index (χ1v) is 11.2. The molecule has 1 fully saturated rings. The lowest BCUT2D eigenvalue weighted by Gasteiger charge is -2.31. The Morgan fingerprint density at radius 2 is 1.88 bits per heavy atom. The summed E-state index contributed by atoms with van der Waals surface area (Å²) in [4.78, 5) is 36.1. The summed E-state index contributed by atoms with van der Waals surface area (Å²) < 4.78 is 27.0. The second kappa shape index (κ2) is 13.8. The van der Waals surface area contributed by atoms with E-state index in [9.17, 15) is 14.4 Å². The highest BCUT2D eigenvalue weighted by molar-refractivity contribution is 5.79. The average molecular weight is 466 g/mol. The van der Waals surface area contributed by atoms with Crippen LogP contribution in [-0.4, -0.2) is 63.7 Å². The highest BCUT2D eigenvalue weighted by atomic mass is 16.6. The second-order valence-electron chi connectivity index (χ2n) is 8.18. The molecule has 2 rings (SSSR count). The number of hydrogen-bond donors (Lipinski definition) is 1. The van der Waals surface area contributed by atoms with Crippen LogP contribution in [0.5, 0.6) is 5.75 Å². The van der Waals surface area contributed by atoms with Gasteiger partial charge in [-0.2, -0.15) is 0 Å². The summed E-state index contributed by atoms with van der Waals surface area (Å²) in [6.45, 7) is 3.51. The van der Waals surface area contributed by atoms with Crippen molar-refractivity contribution in [1.29, 1.82) is 0 Å². The summed E-state index contributed by atoms with van der Waals surface area (Å²) in [5, 5.41) is 2.40. The minimum atomic E-state index is -1.01. The van der Waals surface area contributed by atoms with Crippen LogP contribution in [-0.2, 0) is 35.0 Å². The molecule has 1 N–H and O–H groups in total. The number of carbonyl (C=O) groups is 3. The third-order valence-electron chi connectivity index (χ3n) is 5.56. The van der Waals surface area contributed by atoms with Crippen LogP contribution in [0, 0.1) is 5.92 Å². The Balaban J connectivity index is 2.16. The minimum Gasteiger partial charge on any atom is -0.497 e. The van der Waals surface area contributed by atoms with Crippen LogP contribution < -0.4 is 10.1 Å². The summed E-state index contributed by atoms with van der Waals surface area (Å²) in [6.07, 6.45) is -0.0408. The predicted molar refractivity (Wildman–Crippen MR) is 120 cm³/mol. The van der Waals surface area contributed by atoms with Crippen molar-refractivity contribution < 1.29 is 38.1 Å². The van der Waals surface area contributed by atoms with Crippen molar-refractivity contribution in [2.24, 2.45) is 5.92 Å². The third kappa shape index (κ3) is 9.01. The van der Waals surface area contributed by atoms with Crippen molar-refractivity contribution in [2.75, 3.05) is 27.6 Å². The molecule has 9 heteroatoms. The van der Waals surface area contributed by atoms with Crippen LogP contribution in [0.15, 0.2) is 24.3 Å². The molecule has 9 nitrogen and oxygen atoms in total. The Bertz CT molecular complexity index is 766. The van der Waals surface area contributed by atoms with Crippen molar-refractivity contribution in [3.8, 4) is 5.75 Å². The number of hydrogen-bond acceptors (Lipinski definition) is 8. The standard InChI is InChI=1S/C24H35NO8/c1-16(26)12-13-31-22-17(2)32-23(27)21(33-24(28)25-15-29-3)7-5-6-19(22)14-18-8-10-20(30-4)11-9-18/h8-11,17,19,21-22H,5-7,12-15H2,1-4H3,(H,25,28)/t17-,19+,21-,22-/m0/s1. The van der Waals surface area contributed by atoms with Gasteiger partial charge in [-0.25, -0.2) is 9.59 Å². The van der Waals surface area contributed by atoms with Gasteiger partial charge in [0.05, 0.1) is 19.8 Å².